The molecule has 0 bridgehead atoms. The molecule has 9 nitrogen and oxygen atoms in total. The lowest BCUT2D eigenvalue weighted by molar-refractivity contribution is -0.384. The lowest BCUT2D eigenvalue weighted by Gasteiger charge is -2.09. The molecule has 1 aromatic carbocycles. The van der Waals surface area contributed by atoms with Gasteiger partial charge in [0.25, 0.3) is 11.6 Å². The second-order valence-electron chi connectivity index (χ2n) is 4.01. The average molecular weight is 288 g/mol. The topological polar surface area (TPSA) is 136 Å². The Morgan fingerprint density at radius 2 is 2.19 bits per heavy atom. The van der Waals surface area contributed by atoms with Gasteiger partial charge in [-0.05, 0) is 12.1 Å². The first-order chi connectivity index (χ1) is 10.1. The molecule has 0 radical (unpaired) electrons. The fourth-order valence-corrected chi connectivity index (χ4v) is 1.65. The number of nitrogens with zero attached hydrogens (tertiary/aromatic N) is 3. The maximum atomic E-state index is 12.1. The zero-order valence-electron chi connectivity index (χ0n) is 10.8. The number of nitrogen functional groups attached to an aromatic ring is 1. The summed E-state index contributed by atoms with van der Waals surface area (Å²) in [6, 6.07) is 5.44. The summed E-state index contributed by atoms with van der Waals surface area (Å²) in [6.45, 7) is 0.175. The Morgan fingerprint density at radius 3 is 2.81 bits per heavy atom. The van der Waals surface area contributed by atoms with Crippen LogP contribution in [-0.2, 0) is 6.54 Å². The standard InChI is InChI=1S/C12H12N6O3/c13-17-11-2-1-9(18(20)21)5-10(11)12(19)15-6-8-3-4-14-7-16-8/h1-5,7,17H,6,13H2,(H,15,19). The van der Waals surface area contributed by atoms with Crippen LogP contribution in [0.5, 0.6) is 0 Å². The number of nitro groups is 1. The molecule has 4 N–H and O–H groups in total. The number of nitrogens with one attached hydrogen (secondary N) is 2. The summed E-state index contributed by atoms with van der Waals surface area (Å²) in [4.78, 5) is 30.0. The summed E-state index contributed by atoms with van der Waals surface area (Å²) in [7, 11) is 0. The molecule has 108 valence electrons. The minimum absolute atomic E-state index is 0.0840. The normalized spacial score (nSPS) is 9.95. The minimum Gasteiger partial charge on any atom is -0.346 e. The number of non-ortho nitro benzene ring substituents is 1. The van der Waals surface area contributed by atoms with Gasteiger partial charge in [-0.2, -0.15) is 0 Å². The highest BCUT2D eigenvalue weighted by Crippen LogP contribution is 2.21. The Labute approximate surface area is 119 Å². The largest absolute Gasteiger partial charge is 0.346 e. The Bertz CT molecular complexity index is 661. The molecule has 0 aliphatic heterocycles. The lowest BCUT2D eigenvalue weighted by Crippen LogP contribution is -2.25. The molecule has 0 spiro atoms. The molecule has 1 amide bonds. The number of hydrazine groups is 1. The monoisotopic (exact) mass is 288 g/mol. The fraction of sp³-hybridized carbons (Fsp3) is 0.0833. The van der Waals surface area contributed by atoms with Gasteiger partial charge >= 0.3 is 0 Å². The molecule has 0 aliphatic carbocycles. The highest BCUT2D eigenvalue weighted by atomic mass is 16.6. The predicted molar refractivity (Wildman–Crippen MR) is 74.1 cm³/mol. The Kier molecular flexibility index (Phi) is 4.36. The second-order valence-corrected chi connectivity index (χ2v) is 4.01. The van der Waals surface area contributed by atoms with Crippen molar-refractivity contribution in [2.24, 2.45) is 5.84 Å². The van der Waals surface area contributed by atoms with Crippen molar-refractivity contribution in [3.8, 4) is 0 Å². The summed E-state index contributed by atoms with van der Waals surface area (Å²) in [5.74, 6) is 4.81. The molecule has 9 heteroatoms. The first kappa shape index (κ1) is 14.3. The SMILES string of the molecule is NNc1ccc([N+](=O)[O-])cc1C(=O)NCc1ccncn1. The van der Waals surface area contributed by atoms with Crippen molar-refractivity contribution in [2.45, 2.75) is 6.54 Å². The number of benzene rings is 1. The zero-order valence-corrected chi connectivity index (χ0v) is 10.8. The summed E-state index contributed by atoms with van der Waals surface area (Å²) in [5.41, 5.74) is 3.13. The van der Waals surface area contributed by atoms with Gasteiger partial charge in [-0.1, -0.05) is 0 Å². The van der Waals surface area contributed by atoms with Crippen LogP contribution in [0.3, 0.4) is 0 Å². The Morgan fingerprint density at radius 1 is 1.38 bits per heavy atom. The van der Waals surface area contributed by atoms with Gasteiger partial charge in [-0.3, -0.25) is 20.8 Å². The second kappa shape index (κ2) is 6.39. The van der Waals surface area contributed by atoms with Crippen molar-refractivity contribution in [1.29, 1.82) is 0 Å². The molecule has 1 aromatic heterocycles. The summed E-state index contributed by atoms with van der Waals surface area (Å²) >= 11 is 0. The molecule has 2 aromatic rings. The maximum absolute atomic E-state index is 12.1. The van der Waals surface area contributed by atoms with Crippen molar-refractivity contribution < 1.29 is 9.72 Å². The van der Waals surface area contributed by atoms with E-state index in [-0.39, 0.29) is 17.8 Å². The van der Waals surface area contributed by atoms with Crippen LogP contribution in [-0.4, -0.2) is 20.8 Å². The van der Waals surface area contributed by atoms with E-state index in [1.165, 1.54) is 18.5 Å². The van der Waals surface area contributed by atoms with E-state index in [2.05, 4.69) is 20.7 Å². The minimum atomic E-state index is -0.582. The van der Waals surface area contributed by atoms with Crippen LogP contribution in [0.1, 0.15) is 16.1 Å². The number of hydrogen-bond acceptors (Lipinski definition) is 7. The molecule has 0 unspecified atom stereocenters. The van der Waals surface area contributed by atoms with Gasteiger partial charge in [0.2, 0.25) is 0 Å². The van der Waals surface area contributed by atoms with Crippen molar-refractivity contribution in [2.75, 3.05) is 5.43 Å². The molecule has 0 saturated heterocycles. The van der Waals surface area contributed by atoms with Gasteiger partial charge in [-0.15, -0.1) is 0 Å². The molecule has 0 aliphatic rings. The van der Waals surface area contributed by atoms with Gasteiger partial charge in [0.05, 0.1) is 28.4 Å². The number of nitro benzene ring substituents is 1. The van der Waals surface area contributed by atoms with E-state index in [4.69, 9.17) is 5.84 Å². The van der Waals surface area contributed by atoms with Crippen molar-refractivity contribution in [3.63, 3.8) is 0 Å². The van der Waals surface area contributed by atoms with Crippen LogP contribution in [0.15, 0.2) is 36.8 Å². The number of nitrogens with two attached hydrogens (primary N) is 1. The average Bonchev–Trinajstić information content (AvgIpc) is 2.52. The van der Waals surface area contributed by atoms with Crippen LogP contribution in [0.4, 0.5) is 11.4 Å². The third kappa shape index (κ3) is 3.48. The number of anilines is 1. The van der Waals surface area contributed by atoms with E-state index in [1.807, 2.05) is 0 Å². The van der Waals surface area contributed by atoms with E-state index in [9.17, 15) is 14.9 Å². The van der Waals surface area contributed by atoms with Crippen LogP contribution in [0.2, 0.25) is 0 Å². The Hall–Kier alpha value is -3.07. The predicted octanol–water partition coefficient (Wildman–Crippen LogP) is 0.600. The van der Waals surface area contributed by atoms with Crippen LogP contribution < -0.4 is 16.6 Å². The van der Waals surface area contributed by atoms with E-state index >= 15 is 0 Å². The van der Waals surface area contributed by atoms with Crippen molar-refractivity contribution in [3.05, 3.63) is 58.2 Å². The smallest absolute Gasteiger partial charge is 0.270 e. The van der Waals surface area contributed by atoms with Crippen LogP contribution >= 0.6 is 0 Å². The van der Waals surface area contributed by atoms with E-state index in [0.717, 1.165) is 6.07 Å². The first-order valence-corrected chi connectivity index (χ1v) is 5.90. The first-order valence-electron chi connectivity index (χ1n) is 5.90. The maximum Gasteiger partial charge on any atom is 0.270 e. The lowest BCUT2D eigenvalue weighted by atomic mass is 10.1. The van der Waals surface area contributed by atoms with Gasteiger partial charge in [0.1, 0.15) is 6.33 Å². The van der Waals surface area contributed by atoms with Gasteiger partial charge in [-0.25, -0.2) is 9.97 Å². The molecule has 2 rings (SSSR count). The molecule has 0 saturated carbocycles. The third-order valence-corrected chi connectivity index (χ3v) is 2.69. The summed E-state index contributed by atoms with van der Waals surface area (Å²) in [6.07, 6.45) is 2.91. The number of rotatable bonds is 5. The molecular formula is C12H12N6O3. The number of carbonyl (C=O) groups is 1. The zero-order chi connectivity index (χ0) is 15.2. The quantitative estimate of drug-likeness (QED) is 0.416. The molecule has 0 fully saturated rings. The summed E-state index contributed by atoms with van der Waals surface area (Å²) < 4.78 is 0. The fourth-order valence-electron chi connectivity index (χ4n) is 1.65. The van der Waals surface area contributed by atoms with Crippen molar-refractivity contribution >= 4 is 17.3 Å². The molecule has 1 heterocycles. The van der Waals surface area contributed by atoms with Crippen molar-refractivity contribution in [1.82, 2.24) is 15.3 Å². The van der Waals surface area contributed by atoms with E-state index < -0.39 is 10.8 Å². The van der Waals surface area contributed by atoms with Gasteiger partial charge < -0.3 is 10.7 Å². The van der Waals surface area contributed by atoms with Crippen LogP contribution in [0.25, 0.3) is 0 Å². The van der Waals surface area contributed by atoms with Gasteiger partial charge in [0.15, 0.2) is 0 Å². The van der Waals surface area contributed by atoms with E-state index in [0.29, 0.717) is 11.4 Å². The molecular weight excluding hydrogens is 276 g/mol. The third-order valence-electron chi connectivity index (χ3n) is 2.69. The highest BCUT2D eigenvalue weighted by Gasteiger charge is 2.16. The number of carbonyl (C=O) groups excluding carboxylic acids is 1. The number of amides is 1. The molecule has 0 atom stereocenters. The highest BCUT2D eigenvalue weighted by molar-refractivity contribution is 6.00. The molecule has 21 heavy (non-hydrogen) atoms. The van der Waals surface area contributed by atoms with E-state index in [1.54, 1.807) is 12.3 Å². The van der Waals surface area contributed by atoms with Crippen LogP contribution in [0, 0.1) is 10.1 Å². The number of hydrogen-bond donors (Lipinski definition) is 3. The Balaban J connectivity index is 2.17. The number of aromatic nitrogens is 2. The van der Waals surface area contributed by atoms with Gasteiger partial charge in [0, 0.05) is 18.3 Å². The summed E-state index contributed by atoms with van der Waals surface area (Å²) in [5, 5.41) is 13.4.